The lowest BCUT2D eigenvalue weighted by atomic mass is 9.86. The molecule has 3 N–H and O–H groups in total. The van der Waals surface area contributed by atoms with Crippen LogP contribution in [0.25, 0.3) is 0 Å². The van der Waals surface area contributed by atoms with Crippen LogP contribution in [0.4, 0.5) is 0 Å². The first kappa shape index (κ1) is 24.2. The lowest BCUT2D eigenvalue weighted by Gasteiger charge is -2.28. The molecule has 0 aromatic carbocycles. The summed E-state index contributed by atoms with van der Waals surface area (Å²) in [6.07, 6.45) is 10.6. The second kappa shape index (κ2) is 10.6. The summed E-state index contributed by atoms with van der Waals surface area (Å²) in [4.78, 5) is 35.3. The van der Waals surface area contributed by atoms with Gasteiger partial charge >= 0.3 is 5.97 Å². The smallest absolute Gasteiger partial charge is 0.373 e. The van der Waals surface area contributed by atoms with Crippen LogP contribution in [0.3, 0.4) is 0 Å². The molecule has 0 saturated carbocycles. The Kier molecular flexibility index (Phi) is 8.88. The number of allylic oxidation sites excluding steroid dienone is 4. The molecule has 3 atom stereocenters. The van der Waals surface area contributed by atoms with Crippen molar-refractivity contribution in [3.05, 3.63) is 47.8 Å². The maximum atomic E-state index is 12.0. The molecule has 1 aliphatic rings. The molecule has 7 heteroatoms. The van der Waals surface area contributed by atoms with E-state index in [1.807, 2.05) is 46.8 Å². The molecule has 1 unspecified atom stereocenters. The van der Waals surface area contributed by atoms with E-state index in [0.29, 0.717) is 6.42 Å². The number of esters is 1. The molecule has 0 bridgehead atoms. The predicted molar refractivity (Wildman–Crippen MR) is 111 cm³/mol. The Morgan fingerprint density at radius 1 is 1.31 bits per heavy atom. The molecule has 0 aromatic rings. The van der Waals surface area contributed by atoms with Gasteiger partial charge in [0.25, 0.3) is 0 Å². The van der Waals surface area contributed by atoms with E-state index in [4.69, 9.17) is 15.2 Å². The first-order chi connectivity index (χ1) is 13.5. The molecule has 1 rings (SSSR count). The average Bonchev–Trinajstić information content (AvgIpc) is 2.61. The van der Waals surface area contributed by atoms with Crippen LogP contribution < -0.4 is 11.1 Å². The highest BCUT2D eigenvalue weighted by Gasteiger charge is 2.30. The third-order valence-corrected chi connectivity index (χ3v) is 4.48. The Labute approximate surface area is 172 Å². The number of primary amides is 1. The number of methoxy groups -OCH3 is 1. The van der Waals surface area contributed by atoms with E-state index < -0.39 is 29.2 Å². The van der Waals surface area contributed by atoms with Crippen molar-refractivity contribution in [2.24, 2.45) is 17.1 Å². The van der Waals surface area contributed by atoms with Crippen molar-refractivity contribution in [1.29, 1.82) is 0 Å². The summed E-state index contributed by atoms with van der Waals surface area (Å²) in [5, 5.41) is 2.62. The first-order valence-corrected chi connectivity index (χ1v) is 9.53. The third-order valence-electron chi connectivity index (χ3n) is 4.48. The topological polar surface area (TPSA) is 108 Å². The SMILES string of the molecule is COC1=CCC([C@@H](C)/C=C(C)/C=C\C=C/C(=O)N[C@H](C(N)=O)C(C)(C)C)OC1=O. The number of ether oxygens (including phenoxy) is 2. The molecule has 29 heavy (non-hydrogen) atoms. The zero-order valence-corrected chi connectivity index (χ0v) is 18.0. The van der Waals surface area contributed by atoms with Crippen LogP contribution in [0.2, 0.25) is 0 Å². The number of rotatable bonds is 8. The van der Waals surface area contributed by atoms with E-state index in [1.54, 1.807) is 18.2 Å². The normalized spacial score (nSPS) is 20.2. The molecule has 1 heterocycles. The van der Waals surface area contributed by atoms with Crippen molar-refractivity contribution in [2.75, 3.05) is 7.11 Å². The van der Waals surface area contributed by atoms with E-state index >= 15 is 0 Å². The maximum Gasteiger partial charge on any atom is 0.373 e. The van der Waals surface area contributed by atoms with Gasteiger partial charge in [0.2, 0.25) is 11.8 Å². The minimum absolute atomic E-state index is 0.0219. The van der Waals surface area contributed by atoms with E-state index in [2.05, 4.69) is 5.32 Å². The highest BCUT2D eigenvalue weighted by molar-refractivity contribution is 5.93. The summed E-state index contributed by atoms with van der Waals surface area (Å²) in [6, 6.07) is -0.753. The van der Waals surface area contributed by atoms with Crippen molar-refractivity contribution in [3.8, 4) is 0 Å². The number of carbonyl (C=O) groups excluding carboxylic acids is 3. The Bertz CT molecular complexity index is 741. The minimum Gasteiger partial charge on any atom is -0.490 e. The van der Waals surface area contributed by atoms with Gasteiger partial charge in [0.15, 0.2) is 5.76 Å². The van der Waals surface area contributed by atoms with Crippen LogP contribution >= 0.6 is 0 Å². The molecule has 0 spiro atoms. The van der Waals surface area contributed by atoms with Crippen LogP contribution in [0.1, 0.15) is 41.0 Å². The molecule has 160 valence electrons. The molecular formula is C22H32N2O5. The van der Waals surface area contributed by atoms with Gasteiger partial charge in [-0.25, -0.2) is 4.79 Å². The van der Waals surface area contributed by atoms with Gasteiger partial charge in [-0.05, 0) is 18.4 Å². The fourth-order valence-corrected chi connectivity index (χ4v) is 2.87. The summed E-state index contributed by atoms with van der Waals surface area (Å²) in [5.74, 6) is -1.15. The molecule has 2 amide bonds. The molecule has 0 radical (unpaired) electrons. The van der Waals surface area contributed by atoms with Crippen molar-refractivity contribution in [1.82, 2.24) is 5.32 Å². The van der Waals surface area contributed by atoms with Crippen LogP contribution in [0, 0.1) is 11.3 Å². The van der Waals surface area contributed by atoms with Gasteiger partial charge in [0.05, 0.1) is 7.11 Å². The van der Waals surface area contributed by atoms with Gasteiger partial charge in [-0.15, -0.1) is 0 Å². The third kappa shape index (κ3) is 7.97. The molecule has 0 aliphatic carbocycles. The van der Waals surface area contributed by atoms with Gasteiger partial charge in [-0.2, -0.15) is 0 Å². The number of nitrogens with one attached hydrogen (secondary N) is 1. The second-order valence-electron chi connectivity index (χ2n) is 8.15. The van der Waals surface area contributed by atoms with Gasteiger partial charge in [-0.3, -0.25) is 9.59 Å². The number of amides is 2. The quantitative estimate of drug-likeness (QED) is 0.367. The van der Waals surface area contributed by atoms with Crippen molar-refractivity contribution < 1.29 is 23.9 Å². The van der Waals surface area contributed by atoms with Crippen molar-refractivity contribution >= 4 is 17.8 Å². The summed E-state index contributed by atoms with van der Waals surface area (Å²) in [5.41, 5.74) is 5.85. The van der Waals surface area contributed by atoms with Gasteiger partial charge in [-0.1, -0.05) is 57.6 Å². The molecule has 0 saturated heterocycles. The standard InChI is InChI=1S/C22H32N2O5/c1-14(13-15(2)16-11-12-17(28-6)21(27)29-16)9-7-8-10-18(25)24-19(20(23)26)22(3,4)5/h7-10,12-13,15-16,19H,11H2,1-6H3,(H2,23,26)(H,24,25)/b9-7-,10-8-,14-13+/t15-,16?,19+/m0/s1. The van der Waals surface area contributed by atoms with Gasteiger partial charge in [0.1, 0.15) is 12.1 Å². The van der Waals surface area contributed by atoms with Gasteiger partial charge < -0.3 is 20.5 Å². The Morgan fingerprint density at radius 3 is 2.45 bits per heavy atom. The van der Waals surface area contributed by atoms with Crippen LogP contribution in [-0.4, -0.2) is 37.0 Å². The summed E-state index contributed by atoms with van der Waals surface area (Å²) in [6.45, 7) is 9.39. The lowest BCUT2D eigenvalue weighted by molar-refractivity contribution is -0.151. The van der Waals surface area contributed by atoms with E-state index in [1.165, 1.54) is 13.2 Å². The Balaban J connectivity index is 2.62. The second-order valence-corrected chi connectivity index (χ2v) is 8.15. The molecule has 0 aromatic heterocycles. The lowest BCUT2D eigenvalue weighted by Crippen LogP contribution is -2.51. The zero-order valence-electron chi connectivity index (χ0n) is 18.0. The Morgan fingerprint density at radius 2 is 1.93 bits per heavy atom. The summed E-state index contributed by atoms with van der Waals surface area (Å²) in [7, 11) is 1.44. The Hall–Kier alpha value is -2.83. The average molecular weight is 405 g/mol. The molecule has 1 aliphatic heterocycles. The monoisotopic (exact) mass is 404 g/mol. The van der Waals surface area contributed by atoms with E-state index in [9.17, 15) is 14.4 Å². The summed E-state index contributed by atoms with van der Waals surface area (Å²) < 4.78 is 10.3. The molecule has 7 nitrogen and oxygen atoms in total. The van der Waals surface area contributed by atoms with Crippen LogP contribution in [0.5, 0.6) is 0 Å². The molecular weight excluding hydrogens is 372 g/mol. The predicted octanol–water partition coefficient (Wildman–Crippen LogP) is 2.54. The fraction of sp³-hybridized carbons (Fsp3) is 0.500. The van der Waals surface area contributed by atoms with Crippen LogP contribution in [0.15, 0.2) is 47.8 Å². The summed E-state index contributed by atoms with van der Waals surface area (Å²) >= 11 is 0. The fourth-order valence-electron chi connectivity index (χ4n) is 2.87. The van der Waals surface area contributed by atoms with Crippen molar-refractivity contribution in [3.63, 3.8) is 0 Å². The molecule has 0 fully saturated rings. The number of hydrogen-bond donors (Lipinski definition) is 2. The zero-order chi connectivity index (χ0) is 22.2. The van der Waals surface area contributed by atoms with E-state index in [-0.39, 0.29) is 17.8 Å². The van der Waals surface area contributed by atoms with Gasteiger partial charge in [0, 0.05) is 18.4 Å². The number of nitrogens with two attached hydrogens (primary N) is 1. The number of hydrogen-bond acceptors (Lipinski definition) is 5. The highest BCUT2D eigenvalue weighted by atomic mass is 16.6. The number of cyclic esters (lactones) is 1. The number of carbonyl (C=O) groups is 3. The minimum atomic E-state index is -0.753. The highest BCUT2D eigenvalue weighted by Crippen LogP contribution is 2.22. The maximum absolute atomic E-state index is 12.0. The first-order valence-electron chi connectivity index (χ1n) is 9.53. The largest absolute Gasteiger partial charge is 0.490 e. The van der Waals surface area contributed by atoms with Crippen LogP contribution in [-0.2, 0) is 23.9 Å². The van der Waals surface area contributed by atoms with Crippen molar-refractivity contribution in [2.45, 2.75) is 53.2 Å². The van der Waals surface area contributed by atoms with E-state index in [0.717, 1.165) is 5.57 Å².